The highest BCUT2D eigenvalue weighted by atomic mass is 79.9. The van der Waals surface area contributed by atoms with Crippen LogP contribution in [0.4, 0.5) is 14.5 Å². The van der Waals surface area contributed by atoms with Gasteiger partial charge in [-0.05, 0) is 42.5 Å². The molecule has 0 saturated heterocycles. The summed E-state index contributed by atoms with van der Waals surface area (Å²) in [4.78, 5) is 22.3. The molecule has 0 amide bonds. The van der Waals surface area contributed by atoms with E-state index in [1.807, 2.05) is 0 Å². The summed E-state index contributed by atoms with van der Waals surface area (Å²) in [6.45, 7) is 0. The van der Waals surface area contributed by atoms with Crippen molar-refractivity contribution in [1.82, 2.24) is 0 Å². The van der Waals surface area contributed by atoms with Crippen LogP contribution in [0.25, 0.3) is 0 Å². The van der Waals surface area contributed by atoms with Crippen molar-refractivity contribution < 1.29 is 18.5 Å². The first-order chi connectivity index (χ1) is 10.9. The third-order valence-corrected chi connectivity index (χ3v) is 3.32. The average molecular weight is 383 g/mol. The summed E-state index contributed by atoms with van der Waals surface area (Å²) in [5.74, 6) is -2.42. The molecule has 0 radical (unpaired) electrons. The molecule has 0 aliphatic carbocycles. The Kier molecular flexibility index (Phi) is 5.17. The molecule has 0 bridgehead atoms. The van der Waals surface area contributed by atoms with Crippen LogP contribution >= 0.6 is 15.9 Å². The maximum absolute atomic E-state index is 13.8. The van der Waals surface area contributed by atoms with E-state index in [-0.39, 0.29) is 0 Å². The second-order valence-corrected chi connectivity index (χ2v) is 5.31. The minimum atomic E-state index is -1.07. The average Bonchev–Trinajstić information content (AvgIpc) is 2.48. The fourth-order valence-electron chi connectivity index (χ4n) is 1.71. The van der Waals surface area contributed by atoms with Gasteiger partial charge in [-0.1, -0.05) is 15.9 Å². The maximum atomic E-state index is 13.8. The van der Waals surface area contributed by atoms with Crippen molar-refractivity contribution in [2.45, 2.75) is 0 Å². The van der Waals surface area contributed by atoms with Crippen molar-refractivity contribution >= 4 is 27.4 Å². The molecule has 2 rings (SSSR count). The van der Waals surface area contributed by atoms with Gasteiger partial charge in [-0.3, -0.25) is 14.9 Å². The van der Waals surface area contributed by atoms with Crippen LogP contribution in [0.15, 0.2) is 58.8 Å². The Morgan fingerprint density at radius 3 is 2.39 bits per heavy atom. The number of allylic oxidation sites excluding steroid dienone is 1. The predicted molar refractivity (Wildman–Crippen MR) is 83.5 cm³/mol. The van der Waals surface area contributed by atoms with E-state index < -0.39 is 33.6 Å². The van der Waals surface area contributed by atoms with E-state index in [1.54, 1.807) is 0 Å². The molecule has 1 N–H and O–H groups in total. The number of ketones is 1. The quantitative estimate of drug-likeness (QED) is 0.365. The maximum Gasteiger partial charge on any atom is 0.332 e. The monoisotopic (exact) mass is 382 g/mol. The van der Waals surface area contributed by atoms with E-state index in [4.69, 9.17) is 0 Å². The van der Waals surface area contributed by atoms with Crippen LogP contribution < -0.4 is 5.32 Å². The summed E-state index contributed by atoms with van der Waals surface area (Å²) in [5.41, 5.74) is -0.914. The Labute approximate surface area is 137 Å². The number of nitrogens with one attached hydrogen (secondary N) is 1. The lowest BCUT2D eigenvalue weighted by Crippen LogP contribution is -2.15. The normalized spacial score (nSPS) is 11.2. The molecule has 0 aliphatic rings. The summed E-state index contributed by atoms with van der Waals surface area (Å²) in [5, 5.41) is 13.6. The lowest BCUT2D eigenvalue weighted by molar-refractivity contribution is -0.416. The van der Waals surface area contributed by atoms with Gasteiger partial charge in [0.15, 0.2) is 0 Å². The van der Waals surface area contributed by atoms with Gasteiger partial charge < -0.3 is 5.32 Å². The smallest absolute Gasteiger partial charge is 0.332 e. The molecule has 0 saturated carbocycles. The molecule has 0 aromatic heterocycles. The van der Waals surface area contributed by atoms with Crippen LogP contribution in [-0.2, 0) is 0 Å². The van der Waals surface area contributed by atoms with Crippen molar-refractivity contribution in [3.63, 3.8) is 0 Å². The Morgan fingerprint density at radius 1 is 1.17 bits per heavy atom. The minimum Gasteiger partial charge on any atom is -0.356 e. The largest absolute Gasteiger partial charge is 0.356 e. The van der Waals surface area contributed by atoms with Gasteiger partial charge in [0.05, 0.1) is 16.7 Å². The van der Waals surface area contributed by atoms with E-state index in [1.165, 1.54) is 18.2 Å². The number of Topliss-reactive ketones (excluding diaryl/α,β-unsaturated/α-hetero) is 1. The van der Waals surface area contributed by atoms with Crippen LogP contribution in [0.3, 0.4) is 0 Å². The van der Waals surface area contributed by atoms with Gasteiger partial charge in [-0.2, -0.15) is 0 Å². The molecule has 0 unspecified atom stereocenters. The molecule has 2 aromatic carbocycles. The molecule has 118 valence electrons. The molecule has 0 heterocycles. The van der Waals surface area contributed by atoms with Gasteiger partial charge in [-0.25, -0.2) is 8.78 Å². The van der Waals surface area contributed by atoms with E-state index >= 15 is 0 Å². The second-order valence-electron chi connectivity index (χ2n) is 4.39. The number of hydrogen-bond acceptors (Lipinski definition) is 4. The molecule has 0 fully saturated rings. The minimum absolute atomic E-state index is 0.342. The van der Waals surface area contributed by atoms with Gasteiger partial charge >= 0.3 is 5.70 Å². The van der Waals surface area contributed by atoms with Gasteiger partial charge in [0.2, 0.25) is 0 Å². The van der Waals surface area contributed by atoms with Gasteiger partial charge in [-0.15, -0.1) is 0 Å². The van der Waals surface area contributed by atoms with E-state index in [9.17, 15) is 23.7 Å². The number of halogens is 3. The molecule has 0 spiro atoms. The van der Waals surface area contributed by atoms with E-state index in [2.05, 4.69) is 21.2 Å². The first kappa shape index (κ1) is 16.8. The lowest BCUT2D eigenvalue weighted by Gasteiger charge is -2.03. The molecular formula is C15H9BrF2N2O3. The van der Waals surface area contributed by atoms with Crippen LogP contribution in [-0.4, -0.2) is 10.7 Å². The number of nitro groups is 1. The van der Waals surface area contributed by atoms with E-state index in [0.29, 0.717) is 10.2 Å². The number of benzene rings is 2. The summed E-state index contributed by atoms with van der Waals surface area (Å²) in [6.07, 6.45) is 0.844. The Hall–Kier alpha value is -2.61. The highest BCUT2D eigenvalue weighted by molar-refractivity contribution is 9.10. The third-order valence-electron chi connectivity index (χ3n) is 2.82. The predicted octanol–water partition coefficient (Wildman–Crippen LogP) is 4.14. The van der Waals surface area contributed by atoms with Crippen molar-refractivity contribution in [3.8, 4) is 0 Å². The highest BCUT2D eigenvalue weighted by Crippen LogP contribution is 2.19. The zero-order valence-electron chi connectivity index (χ0n) is 11.4. The highest BCUT2D eigenvalue weighted by Gasteiger charge is 2.26. The van der Waals surface area contributed by atoms with Crippen molar-refractivity contribution in [1.29, 1.82) is 0 Å². The summed E-state index contributed by atoms with van der Waals surface area (Å²) >= 11 is 3.04. The van der Waals surface area contributed by atoms with Crippen LogP contribution in [0.2, 0.25) is 0 Å². The second kappa shape index (κ2) is 7.10. The molecule has 2 aromatic rings. The number of anilines is 1. The summed E-state index contributed by atoms with van der Waals surface area (Å²) < 4.78 is 27.0. The molecule has 0 aliphatic heterocycles. The van der Waals surface area contributed by atoms with Crippen molar-refractivity contribution in [2.75, 3.05) is 5.32 Å². The molecule has 23 heavy (non-hydrogen) atoms. The summed E-state index contributed by atoms with van der Waals surface area (Å²) in [7, 11) is 0. The Bertz CT molecular complexity index is 792. The SMILES string of the molecule is O=C(C(=CNc1ccc(F)cc1)[N+](=O)[O-])c1ccc(Br)cc1F. The third kappa shape index (κ3) is 4.19. The topological polar surface area (TPSA) is 72.2 Å². The van der Waals surface area contributed by atoms with Gasteiger partial charge in [0, 0.05) is 10.2 Å². The van der Waals surface area contributed by atoms with Gasteiger partial charge in [0.25, 0.3) is 5.78 Å². The zero-order chi connectivity index (χ0) is 17.0. The van der Waals surface area contributed by atoms with Gasteiger partial charge in [0.1, 0.15) is 11.6 Å². The first-order valence-corrected chi connectivity index (χ1v) is 7.04. The summed E-state index contributed by atoms with van der Waals surface area (Å²) in [6, 6.07) is 8.58. The van der Waals surface area contributed by atoms with Crippen LogP contribution in [0, 0.1) is 21.7 Å². The van der Waals surface area contributed by atoms with E-state index in [0.717, 1.165) is 30.5 Å². The Balaban J connectivity index is 2.30. The number of nitrogens with zero attached hydrogens (tertiary/aromatic N) is 1. The number of carbonyl (C=O) groups is 1. The zero-order valence-corrected chi connectivity index (χ0v) is 13.0. The van der Waals surface area contributed by atoms with Crippen molar-refractivity contribution in [3.05, 3.63) is 86.1 Å². The molecular weight excluding hydrogens is 374 g/mol. The number of carbonyl (C=O) groups excluding carboxylic acids is 1. The molecule has 5 nitrogen and oxygen atoms in total. The number of hydrogen-bond donors (Lipinski definition) is 1. The van der Waals surface area contributed by atoms with Crippen LogP contribution in [0.1, 0.15) is 10.4 Å². The van der Waals surface area contributed by atoms with Crippen molar-refractivity contribution in [2.24, 2.45) is 0 Å². The fourth-order valence-corrected chi connectivity index (χ4v) is 2.04. The first-order valence-electron chi connectivity index (χ1n) is 6.25. The molecule has 8 heteroatoms. The lowest BCUT2D eigenvalue weighted by atomic mass is 10.1. The van der Waals surface area contributed by atoms with Crippen LogP contribution in [0.5, 0.6) is 0 Å². The molecule has 0 atom stereocenters. The standard InChI is InChI=1S/C15H9BrF2N2O3/c16-9-1-6-12(13(18)7-9)15(21)14(20(22)23)8-19-11-4-2-10(17)3-5-11/h1-8,19H. The Morgan fingerprint density at radius 2 is 1.83 bits per heavy atom. The number of rotatable bonds is 5. The fraction of sp³-hybridized carbons (Fsp3) is 0.